The zero-order valence-corrected chi connectivity index (χ0v) is 29.0. The van der Waals surface area contributed by atoms with E-state index in [2.05, 4.69) is 11.3 Å². The van der Waals surface area contributed by atoms with E-state index in [0.29, 0.717) is 32.1 Å². The number of hydrogen-bond donors (Lipinski definition) is 0. The third-order valence-electron chi connectivity index (χ3n) is 5.26. The van der Waals surface area contributed by atoms with E-state index >= 15 is 0 Å². The number of esters is 6. The highest BCUT2D eigenvalue weighted by Gasteiger charge is 2.13. The molecule has 0 saturated heterocycles. The van der Waals surface area contributed by atoms with Crippen molar-refractivity contribution < 1.29 is 57.2 Å². The molecule has 0 saturated carbocycles. The third kappa shape index (κ3) is 33.3. The number of rotatable bonds is 20. The first-order chi connectivity index (χ1) is 21.2. The van der Waals surface area contributed by atoms with Crippen LogP contribution in [0.1, 0.15) is 127 Å². The molecule has 0 aromatic heterocycles. The molecule has 0 fully saturated rings. The van der Waals surface area contributed by atoms with E-state index in [4.69, 9.17) is 23.7 Å². The molecule has 0 rings (SSSR count). The van der Waals surface area contributed by atoms with Crippen molar-refractivity contribution in [3.8, 4) is 0 Å². The van der Waals surface area contributed by atoms with Crippen molar-refractivity contribution in [1.82, 2.24) is 0 Å². The van der Waals surface area contributed by atoms with Gasteiger partial charge in [0.15, 0.2) is 0 Å². The minimum Gasteiger partial charge on any atom is -0.462 e. The summed E-state index contributed by atoms with van der Waals surface area (Å²) in [4.78, 5) is 66.3. The number of hydrogen-bond acceptors (Lipinski definition) is 12. The summed E-state index contributed by atoms with van der Waals surface area (Å²) >= 11 is 0. The molecule has 0 N–H and O–H groups in total. The monoisotopic (exact) mass is 646 g/mol. The lowest BCUT2D eigenvalue weighted by Gasteiger charge is -2.13. The molecule has 262 valence electrons. The summed E-state index contributed by atoms with van der Waals surface area (Å²) in [5, 5.41) is 0. The lowest BCUT2D eigenvalue weighted by Crippen LogP contribution is -2.22. The molecular weight excluding hydrogens is 588 g/mol. The Bertz CT molecular complexity index is 866. The van der Waals surface area contributed by atoms with Crippen LogP contribution in [0, 0.1) is 11.8 Å². The molecule has 2 unspecified atom stereocenters. The fraction of sp³-hybridized carbons (Fsp3) is 0.758. The highest BCUT2D eigenvalue weighted by atomic mass is 16.7. The van der Waals surface area contributed by atoms with E-state index in [1.807, 2.05) is 55.4 Å². The van der Waals surface area contributed by atoms with E-state index in [1.54, 1.807) is 6.92 Å². The van der Waals surface area contributed by atoms with Crippen LogP contribution in [0.5, 0.6) is 0 Å². The summed E-state index contributed by atoms with van der Waals surface area (Å²) in [6, 6.07) is 0. The summed E-state index contributed by atoms with van der Waals surface area (Å²) < 4.78 is 29.0. The van der Waals surface area contributed by atoms with Crippen LogP contribution in [0.3, 0.4) is 0 Å². The molecule has 0 aromatic carbocycles. The van der Waals surface area contributed by atoms with Gasteiger partial charge >= 0.3 is 35.8 Å². The zero-order chi connectivity index (χ0) is 35.2. The van der Waals surface area contributed by atoms with Crippen LogP contribution in [0.4, 0.5) is 0 Å². The highest BCUT2D eigenvalue weighted by molar-refractivity contribution is 5.73. The van der Waals surface area contributed by atoms with Crippen molar-refractivity contribution in [2.75, 3.05) is 19.8 Å². The van der Waals surface area contributed by atoms with Gasteiger partial charge in [0.05, 0.1) is 5.92 Å². The van der Waals surface area contributed by atoms with Crippen LogP contribution in [-0.4, -0.2) is 61.7 Å². The van der Waals surface area contributed by atoms with Gasteiger partial charge in [-0.3, -0.25) is 28.8 Å². The van der Waals surface area contributed by atoms with Gasteiger partial charge in [0, 0.05) is 32.1 Å². The summed E-state index contributed by atoms with van der Waals surface area (Å²) in [5.74, 6) is -1.93. The predicted octanol–water partition coefficient (Wildman–Crippen LogP) is 6.37. The molecule has 12 heteroatoms. The molecule has 2 atom stereocenters. The molecule has 0 aliphatic carbocycles. The average molecular weight is 647 g/mol. The molecule has 0 radical (unpaired) electrons. The quantitative estimate of drug-likeness (QED) is 0.0624. The third-order valence-corrected chi connectivity index (χ3v) is 5.26. The second kappa shape index (κ2) is 30.6. The average Bonchev–Trinajstić information content (AvgIpc) is 2.94. The molecule has 0 aliphatic heterocycles. The van der Waals surface area contributed by atoms with Crippen molar-refractivity contribution in [2.45, 2.75) is 133 Å². The summed E-state index contributed by atoms with van der Waals surface area (Å²) in [6.45, 7) is 20.6. The molecule has 45 heavy (non-hydrogen) atoms. The molecule has 0 aliphatic rings. The molecule has 0 amide bonds. The largest absolute Gasteiger partial charge is 0.462 e. The van der Waals surface area contributed by atoms with Crippen LogP contribution in [0.2, 0.25) is 0 Å². The summed E-state index contributed by atoms with van der Waals surface area (Å²) in [6.07, 6.45) is 5.20. The summed E-state index contributed by atoms with van der Waals surface area (Å²) in [7, 11) is 0. The van der Waals surface area contributed by atoms with Crippen molar-refractivity contribution in [3.63, 3.8) is 0 Å². The maximum absolute atomic E-state index is 11.2. The van der Waals surface area contributed by atoms with Gasteiger partial charge in [0.25, 0.3) is 5.95 Å². The van der Waals surface area contributed by atoms with Gasteiger partial charge in [-0.25, -0.2) is 0 Å². The highest BCUT2D eigenvalue weighted by Crippen LogP contribution is 2.07. The lowest BCUT2D eigenvalue weighted by atomic mass is 10.1. The lowest BCUT2D eigenvalue weighted by molar-refractivity contribution is -0.158. The zero-order valence-electron chi connectivity index (χ0n) is 29.0. The van der Waals surface area contributed by atoms with E-state index in [9.17, 15) is 28.8 Å². The molecule has 0 bridgehead atoms. The number of carbonyl (C=O) groups excluding carboxylic acids is 6. The number of carbonyl (C=O) groups is 6. The Morgan fingerprint density at radius 2 is 1.02 bits per heavy atom. The normalized spacial score (nSPS) is 11.2. The fourth-order valence-electron chi connectivity index (χ4n) is 2.80. The maximum atomic E-state index is 11.2. The fourth-order valence-corrected chi connectivity index (χ4v) is 2.80. The van der Waals surface area contributed by atoms with Crippen LogP contribution < -0.4 is 0 Å². The van der Waals surface area contributed by atoms with Crippen LogP contribution in [0.25, 0.3) is 0 Å². The van der Waals surface area contributed by atoms with Crippen molar-refractivity contribution in [3.05, 3.63) is 12.5 Å². The van der Waals surface area contributed by atoms with Gasteiger partial charge in [0.1, 0.15) is 25.9 Å². The van der Waals surface area contributed by atoms with Crippen LogP contribution >= 0.6 is 0 Å². The van der Waals surface area contributed by atoms with Crippen molar-refractivity contribution >= 4 is 35.8 Å². The first-order valence-electron chi connectivity index (χ1n) is 15.9. The van der Waals surface area contributed by atoms with E-state index in [0.717, 1.165) is 25.7 Å². The predicted molar refractivity (Wildman–Crippen MR) is 168 cm³/mol. The molecule has 12 nitrogen and oxygen atoms in total. The van der Waals surface area contributed by atoms with Gasteiger partial charge in [0.2, 0.25) is 0 Å². The Kier molecular flexibility index (Phi) is 31.2. The summed E-state index contributed by atoms with van der Waals surface area (Å²) in [5.41, 5.74) is 0. The van der Waals surface area contributed by atoms with E-state index < -0.39 is 11.9 Å². The van der Waals surface area contributed by atoms with Gasteiger partial charge in [-0.2, -0.15) is 0 Å². The number of ether oxygens (including phenoxy) is 6. The van der Waals surface area contributed by atoms with E-state index in [1.165, 1.54) is 0 Å². The Morgan fingerprint density at radius 1 is 0.578 bits per heavy atom. The Morgan fingerprint density at radius 3 is 1.51 bits per heavy atom. The van der Waals surface area contributed by atoms with Crippen molar-refractivity contribution in [2.24, 2.45) is 11.8 Å². The van der Waals surface area contributed by atoms with E-state index in [-0.39, 0.29) is 74.0 Å². The second-order valence-corrected chi connectivity index (χ2v) is 10.6. The van der Waals surface area contributed by atoms with Crippen LogP contribution in [0.15, 0.2) is 12.5 Å². The maximum Gasteiger partial charge on any atom is 0.313 e. The second-order valence-electron chi connectivity index (χ2n) is 10.6. The van der Waals surface area contributed by atoms with Crippen molar-refractivity contribution in [1.29, 1.82) is 0 Å². The molecule has 0 heterocycles. The SMILES string of the molecule is C=C(OC(=O)CCC)OC(=O)CC(C)C.CCCC(=O)OCC(C)OC(=O)CCC.CCCC(=O)OCCOC(=O)C(C)CC. The van der Waals surface area contributed by atoms with Crippen LogP contribution in [-0.2, 0) is 57.2 Å². The van der Waals surface area contributed by atoms with Gasteiger partial charge in [-0.1, -0.05) is 55.4 Å². The smallest absolute Gasteiger partial charge is 0.313 e. The topological polar surface area (TPSA) is 158 Å². The Hall–Kier alpha value is -3.44. The molecule has 0 spiro atoms. The Labute approximate surface area is 269 Å². The van der Waals surface area contributed by atoms with Gasteiger partial charge in [-0.05, 0) is 51.5 Å². The van der Waals surface area contributed by atoms with Gasteiger partial charge < -0.3 is 28.4 Å². The standard InChI is InChI=1S/C11H18O4.2C11H20O4/c1-5-6-10(12)14-9(4)15-11(13)7-8(2)3;1-4-6-10(12)14-7-8-15-11(13)9(3)5-2;1-4-6-10(12)14-8-9(3)15-11(13)7-5-2/h8H,4-7H2,1-3H3;2*9H,4-8H2,1-3H3. The Balaban J connectivity index is -0.000000588. The molecular formula is C33H58O12. The molecule has 0 aromatic rings. The minimum absolute atomic E-state index is 0.0867. The minimum atomic E-state index is -0.431. The first kappa shape index (κ1) is 46.0. The first-order valence-corrected chi connectivity index (χ1v) is 15.9. The van der Waals surface area contributed by atoms with Gasteiger partial charge in [-0.15, -0.1) is 0 Å².